The molecule has 1 fully saturated rings. The van der Waals surface area contributed by atoms with Crippen LogP contribution in [0.4, 0.5) is 0 Å². The van der Waals surface area contributed by atoms with Crippen molar-refractivity contribution >= 4 is 5.91 Å². The average Bonchev–Trinajstić information content (AvgIpc) is 2.54. The van der Waals surface area contributed by atoms with Crippen LogP contribution in [-0.2, 0) is 4.79 Å². The largest absolute Gasteiger partial charge is 0.355 e. The molecule has 6 nitrogen and oxygen atoms in total. The van der Waals surface area contributed by atoms with Crippen molar-refractivity contribution in [3.05, 3.63) is 12.3 Å². The highest BCUT2D eigenvalue weighted by atomic mass is 16.2. The number of piperidine rings is 1. The van der Waals surface area contributed by atoms with E-state index in [4.69, 9.17) is 0 Å². The summed E-state index contributed by atoms with van der Waals surface area (Å²) in [5.41, 5.74) is 0. The van der Waals surface area contributed by atoms with Crippen molar-refractivity contribution in [1.29, 1.82) is 0 Å². The van der Waals surface area contributed by atoms with Gasteiger partial charge in [0.15, 0.2) is 0 Å². The molecule has 0 saturated carbocycles. The Morgan fingerprint density at radius 3 is 2.95 bits per heavy atom. The molecule has 4 atom stereocenters. The van der Waals surface area contributed by atoms with Crippen LogP contribution in [0.3, 0.4) is 0 Å². The predicted molar refractivity (Wildman–Crippen MR) is 87.1 cm³/mol. The molecule has 124 valence electrons. The number of nitrogens with one attached hydrogen (secondary N) is 2. The normalized spacial score (nSPS) is 35.3. The van der Waals surface area contributed by atoms with Gasteiger partial charge >= 0.3 is 0 Å². The van der Waals surface area contributed by atoms with Gasteiger partial charge in [0.1, 0.15) is 0 Å². The second-order valence-electron chi connectivity index (χ2n) is 6.47. The first-order chi connectivity index (χ1) is 10.6. The van der Waals surface area contributed by atoms with E-state index in [9.17, 15) is 4.79 Å². The maximum absolute atomic E-state index is 12.1. The molecule has 0 aromatic heterocycles. The van der Waals surface area contributed by atoms with Crippen molar-refractivity contribution in [2.75, 3.05) is 20.1 Å². The van der Waals surface area contributed by atoms with Crippen molar-refractivity contribution in [2.24, 2.45) is 22.2 Å². The minimum atomic E-state index is -0.00540. The Bertz CT molecular complexity index is 397. The fourth-order valence-electron chi connectivity index (χ4n) is 3.19. The SMILES string of the molecule is CC1/C=C/N(C)/N=N\C(C)[C@@H]1CCNC(=O)C1CCCCN1. The topological polar surface area (TPSA) is 69.1 Å². The van der Waals surface area contributed by atoms with Crippen LogP contribution >= 0.6 is 0 Å². The summed E-state index contributed by atoms with van der Waals surface area (Å²) >= 11 is 0. The summed E-state index contributed by atoms with van der Waals surface area (Å²) < 4.78 is 0. The first kappa shape index (κ1) is 16.9. The van der Waals surface area contributed by atoms with Crippen LogP contribution in [0.5, 0.6) is 0 Å². The van der Waals surface area contributed by atoms with Gasteiger partial charge in [0.25, 0.3) is 0 Å². The Morgan fingerprint density at radius 1 is 1.41 bits per heavy atom. The standard InChI is InChI=1S/C16H29N5O/c1-12-8-11-21(3)20-19-13(2)14(12)7-10-18-16(22)15-6-4-5-9-17-15/h8,11-15,17H,4-7,9-10H2,1-3H3,(H,18,22)/b11-8+,20-19-/t12?,13?,14-,15?/m1/s1. The zero-order valence-electron chi connectivity index (χ0n) is 14.0. The molecule has 0 bridgehead atoms. The van der Waals surface area contributed by atoms with Gasteiger partial charge in [-0.1, -0.05) is 24.6 Å². The first-order valence-corrected chi connectivity index (χ1v) is 8.41. The summed E-state index contributed by atoms with van der Waals surface area (Å²) in [5, 5.41) is 16.6. The zero-order valence-corrected chi connectivity index (χ0v) is 14.0. The summed E-state index contributed by atoms with van der Waals surface area (Å²) in [6, 6.07) is 0.154. The number of hydrogen-bond donors (Lipinski definition) is 2. The van der Waals surface area contributed by atoms with Crippen molar-refractivity contribution in [3.8, 4) is 0 Å². The van der Waals surface area contributed by atoms with Crippen LogP contribution in [0.25, 0.3) is 0 Å². The Hall–Kier alpha value is -1.43. The third kappa shape index (κ3) is 4.80. The molecule has 6 heteroatoms. The molecule has 22 heavy (non-hydrogen) atoms. The predicted octanol–water partition coefficient (Wildman–Crippen LogP) is 2.10. The van der Waals surface area contributed by atoms with E-state index in [1.807, 2.05) is 13.2 Å². The van der Waals surface area contributed by atoms with Crippen LogP contribution in [0, 0.1) is 11.8 Å². The van der Waals surface area contributed by atoms with Gasteiger partial charge in [-0.05, 0) is 44.6 Å². The van der Waals surface area contributed by atoms with E-state index >= 15 is 0 Å². The second kappa shape index (κ2) is 8.27. The van der Waals surface area contributed by atoms with Crippen molar-refractivity contribution in [2.45, 2.75) is 51.6 Å². The van der Waals surface area contributed by atoms with Crippen LogP contribution in [0.2, 0.25) is 0 Å². The first-order valence-electron chi connectivity index (χ1n) is 8.41. The van der Waals surface area contributed by atoms with E-state index in [0.29, 0.717) is 18.4 Å². The van der Waals surface area contributed by atoms with E-state index in [1.165, 1.54) is 6.42 Å². The lowest BCUT2D eigenvalue weighted by molar-refractivity contribution is -0.123. The minimum Gasteiger partial charge on any atom is -0.355 e. The number of allylic oxidation sites excluding steroid dienone is 1. The Kier molecular flexibility index (Phi) is 6.36. The lowest BCUT2D eigenvalue weighted by Crippen LogP contribution is -2.47. The molecule has 0 aromatic rings. The summed E-state index contributed by atoms with van der Waals surface area (Å²) in [6.45, 7) is 5.96. The maximum Gasteiger partial charge on any atom is 0.237 e. The summed E-state index contributed by atoms with van der Waals surface area (Å²) in [4.78, 5) is 12.1. The van der Waals surface area contributed by atoms with Gasteiger partial charge in [-0.15, -0.1) is 0 Å². The summed E-state index contributed by atoms with van der Waals surface area (Å²) in [5.74, 6) is 0.956. The van der Waals surface area contributed by atoms with E-state index in [1.54, 1.807) is 5.01 Å². The molecule has 0 radical (unpaired) electrons. The van der Waals surface area contributed by atoms with E-state index < -0.39 is 0 Å². The third-order valence-electron chi connectivity index (χ3n) is 4.68. The quantitative estimate of drug-likeness (QED) is 0.835. The smallest absolute Gasteiger partial charge is 0.237 e. The molecule has 1 amide bonds. The van der Waals surface area contributed by atoms with Gasteiger partial charge in [-0.3, -0.25) is 9.80 Å². The molecule has 0 aliphatic carbocycles. The van der Waals surface area contributed by atoms with Gasteiger partial charge < -0.3 is 10.6 Å². The molecule has 2 rings (SSSR count). The van der Waals surface area contributed by atoms with Crippen molar-refractivity contribution < 1.29 is 4.79 Å². The van der Waals surface area contributed by atoms with Gasteiger partial charge in [-0.25, -0.2) is 0 Å². The molecular weight excluding hydrogens is 278 g/mol. The summed E-state index contributed by atoms with van der Waals surface area (Å²) in [7, 11) is 1.89. The molecule has 3 unspecified atom stereocenters. The number of carbonyl (C=O) groups is 1. The van der Waals surface area contributed by atoms with Crippen LogP contribution in [-0.4, -0.2) is 43.1 Å². The second-order valence-corrected chi connectivity index (χ2v) is 6.47. The number of hydrogen-bond acceptors (Lipinski definition) is 5. The molecule has 0 aromatic carbocycles. The monoisotopic (exact) mass is 307 g/mol. The fourth-order valence-corrected chi connectivity index (χ4v) is 3.19. The van der Waals surface area contributed by atoms with E-state index in [0.717, 1.165) is 25.8 Å². The minimum absolute atomic E-state index is 0.00540. The van der Waals surface area contributed by atoms with Crippen LogP contribution in [0.1, 0.15) is 39.5 Å². The van der Waals surface area contributed by atoms with Crippen LogP contribution in [0.15, 0.2) is 22.6 Å². The number of nitrogens with zero attached hydrogens (tertiary/aromatic N) is 3. The van der Waals surface area contributed by atoms with Crippen molar-refractivity contribution in [3.63, 3.8) is 0 Å². The van der Waals surface area contributed by atoms with E-state index in [-0.39, 0.29) is 18.0 Å². The molecular formula is C16H29N5O. The summed E-state index contributed by atoms with van der Waals surface area (Å²) in [6.07, 6.45) is 8.31. The van der Waals surface area contributed by atoms with Gasteiger partial charge in [0.2, 0.25) is 5.91 Å². The molecule has 1 saturated heterocycles. The van der Waals surface area contributed by atoms with Gasteiger partial charge in [-0.2, -0.15) is 5.11 Å². The van der Waals surface area contributed by atoms with Gasteiger partial charge in [0.05, 0.1) is 12.1 Å². The number of amides is 1. The molecule has 2 aliphatic heterocycles. The number of rotatable bonds is 4. The third-order valence-corrected chi connectivity index (χ3v) is 4.68. The molecule has 2 N–H and O–H groups in total. The molecule has 2 heterocycles. The fraction of sp³-hybridized carbons (Fsp3) is 0.812. The Balaban J connectivity index is 1.80. The van der Waals surface area contributed by atoms with Crippen LogP contribution < -0.4 is 10.6 Å². The zero-order chi connectivity index (χ0) is 15.9. The molecule has 2 aliphatic rings. The van der Waals surface area contributed by atoms with Gasteiger partial charge in [0, 0.05) is 19.8 Å². The highest BCUT2D eigenvalue weighted by Crippen LogP contribution is 2.25. The average molecular weight is 307 g/mol. The maximum atomic E-state index is 12.1. The molecule has 0 spiro atoms. The highest BCUT2D eigenvalue weighted by molar-refractivity contribution is 5.81. The van der Waals surface area contributed by atoms with Crippen molar-refractivity contribution in [1.82, 2.24) is 15.6 Å². The Morgan fingerprint density at radius 2 is 2.23 bits per heavy atom. The Labute approximate surface area is 133 Å². The lowest BCUT2D eigenvalue weighted by atomic mass is 9.85. The van der Waals surface area contributed by atoms with E-state index in [2.05, 4.69) is 40.9 Å². The number of carbonyl (C=O) groups excluding carboxylic acids is 1. The lowest BCUT2D eigenvalue weighted by Gasteiger charge is -2.28. The highest BCUT2D eigenvalue weighted by Gasteiger charge is 2.25.